The molecule has 0 radical (unpaired) electrons. The average molecular weight is 263 g/mol. The zero-order chi connectivity index (χ0) is 12.5. The fraction of sp³-hybridized carbons (Fsp3) is 0.556. The lowest BCUT2D eigenvalue weighted by Crippen LogP contribution is -2.07. The first-order valence-electron chi connectivity index (χ1n) is 4.52. The first kappa shape index (κ1) is 13.1. The van der Waals surface area contributed by atoms with Crippen molar-refractivity contribution >= 4 is 27.1 Å². The minimum atomic E-state index is -3.20. The Hall–Kier alpha value is -0.950. The summed E-state index contributed by atoms with van der Waals surface area (Å²) in [5, 5.41) is -0.282. The molecule has 0 saturated heterocycles. The molecule has 90 valence electrons. The highest BCUT2D eigenvalue weighted by Gasteiger charge is 2.24. The predicted octanol–water partition coefficient (Wildman–Crippen LogP) is 1.34. The van der Waals surface area contributed by atoms with E-state index in [9.17, 15) is 13.2 Å². The van der Waals surface area contributed by atoms with Crippen molar-refractivity contribution in [3.05, 3.63) is 15.6 Å². The van der Waals surface area contributed by atoms with Crippen LogP contribution in [0.1, 0.15) is 32.5 Å². The highest BCUT2D eigenvalue weighted by atomic mass is 32.2. The molecule has 1 aromatic heterocycles. The maximum Gasteiger partial charge on any atom is 0.349 e. The second-order valence-electron chi connectivity index (χ2n) is 3.43. The largest absolute Gasteiger partial charge is 0.465 e. The molecule has 7 heteroatoms. The van der Waals surface area contributed by atoms with E-state index in [2.05, 4.69) is 9.72 Å². The lowest BCUT2D eigenvalue weighted by atomic mass is 10.4. The third kappa shape index (κ3) is 2.59. The molecule has 1 atom stereocenters. The number of sulfone groups is 1. The number of hydrogen-bond acceptors (Lipinski definition) is 6. The lowest BCUT2D eigenvalue weighted by molar-refractivity contribution is 0.0605. The molecule has 0 spiro atoms. The second-order valence-corrected chi connectivity index (χ2v) is 6.83. The topological polar surface area (TPSA) is 73.3 Å². The molecule has 0 aliphatic rings. The highest BCUT2D eigenvalue weighted by molar-refractivity contribution is 7.91. The van der Waals surface area contributed by atoms with E-state index < -0.39 is 21.1 Å². The summed E-state index contributed by atoms with van der Waals surface area (Å²) in [7, 11) is -1.92. The van der Waals surface area contributed by atoms with E-state index in [1.807, 2.05) is 0 Å². The van der Waals surface area contributed by atoms with Gasteiger partial charge < -0.3 is 4.74 Å². The molecule has 0 N–H and O–H groups in total. The van der Waals surface area contributed by atoms with Crippen molar-refractivity contribution in [3.8, 4) is 0 Å². The SMILES string of the molecule is COC(=O)c1sc(C(C)S(C)(=O)=O)nc1C. The number of rotatable bonds is 3. The Morgan fingerprint density at radius 3 is 2.50 bits per heavy atom. The van der Waals surface area contributed by atoms with Crippen molar-refractivity contribution in [2.45, 2.75) is 19.1 Å². The molecule has 0 aromatic carbocycles. The zero-order valence-electron chi connectivity index (χ0n) is 9.47. The van der Waals surface area contributed by atoms with Crippen LogP contribution >= 0.6 is 11.3 Å². The van der Waals surface area contributed by atoms with E-state index in [1.165, 1.54) is 7.11 Å². The first-order valence-corrected chi connectivity index (χ1v) is 7.29. The van der Waals surface area contributed by atoms with Gasteiger partial charge in [-0.25, -0.2) is 18.2 Å². The van der Waals surface area contributed by atoms with Crippen molar-refractivity contribution < 1.29 is 17.9 Å². The first-order chi connectivity index (χ1) is 7.27. The Morgan fingerprint density at radius 2 is 2.06 bits per heavy atom. The highest BCUT2D eigenvalue weighted by Crippen LogP contribution is 2.28. The minimum Gasteiger partial charge on any atom is -0.465 e. The number of nitrogens with zero attached hydrogens (tertiary/aromatic N) is 1. The molecular weight excluding hydrogens is 250 g/mol. The van der Waals surface area contributed by atoms with Crippen LogP contribution in [0.15, 0.2) is 0 Å². The van der Waals surface area contributed by atoms with Gasteiger partial charge in [0.15, 0.2) is 9.84 Å². The van der Waals surface area contributed by atoms with Gasteiger partial charge in [0, 0.05) is 6.26 Å². The number of aryl methyl sites for hydroxylation is 1. The normalized spacial score (nSPS) is 13.5. The lowest BCUT2D eigenvalue weighted by Gasteiger charge is -2.03. The van der Waals surface area contributed by atoms with Gasteiger partial charge in [-0.2, -0.15) is 0 Å². The molecule has 1 heterocycles. The van der Waals surface area contributed by atoms with E-state index in [-0.39, 0.29) is 0 Å². The van der Waals surface area contributed by atoms with E-state index in [4.69, 9.17) is 0 Å². The molecule has 0 bridgehead atoms. The van der Waals surface area contributed by atoms with Crippen molar-refractivity contribution in [2.75, 3.05) is 13.4 Å². The molecule has 1 unspecified atom stereocenters. The van der Waals surface area contributed by atoms with Gasteiger partial charge in [0.05, 0.1) is 12.8 Å². The van der Waals surface area contributed by atoms with E-state index in [0.717, 1.165) is 17.6 Å². The van der Waals surface area contributed by atoms with Gasteiger partial charge in [0.2, 0.25) is 0 Å². The summed E-state index contributed by atoms with van der Waals surface area (Å²) in [6.45, 7) is 3.20. The maximum absolute atomic E-state index is 11.3. The van der Waals surface area contributed by atoms with Gasteiger partial charge in [-0.3, -0.25) is 0 Å². The zero-order valence-corrected chi connectivity index (χ0v) is 11.1. The standard InChI is InChI=1S/C9H13NO4S2/c1-5-7(9(11)14-3)15-8(10-5)6(2)16(4,12)13/h6H,1-4H3. The molecule has 0 amide bonds. The van der Waals surface area contributed by atoms with Crippen LogP contribution in [0.25, 0.3) is 0 Å². The fourth-order valence-corrected chi connectivity index (χ4v) is 3.06. The Morgan fingerprint density at radius 1 is 1.50 bits per heavy atom. The molecule has 1 rings (SSSR count). The number of aromatic nitrogens is 1. The Kier molecular flexibility index (Phi) is 3.69. The van der Waals surface area contributed by atoms with Gasteiger partial charge in [-0.05, 0) is 13.8 Å². The van der Waals surface area contributed by atoms with Gasteiger partial charge in [0.1, 0.15) is 15.1 Å². The van der Waals surface area contributed by atoms with Crippen molar-refractivity contribution in [2.24, 2.45) is 0 Å². The van der Waals surface area contributed by atoms with Crippen LogP contribution < -0.4 is 0 Å². The quantitative estimate of drug-likeness (QED) is 0.769. The number of hydrogen-bond donors (Lipinski definition) is 0. The maximum atomic E-state index is 11.3. The number of methoxy groups -OCH3 is 1. The summed E-state index contributed by atoms with van der Waals surface area (Å²) in [6, 6.07) is 0. The van der Waals surface area contributed by atoms with Crippen molar-refractivity contribution in [1.29, 1.82) is 0 Å². The molecule has 0 aliphatic heterocycles. The number of esters is 1. The molecule has 16 heavy (non-hydrogen) atoms. The molecule has 5 nitrogen and oxygen atoms in total. The van der Waals surface area contributed by atoms with Crippen molar-refractivity contribution in [1.82, 2.24) is 4.98 Å². The van der Waals surface area contributed by atoms with Gasteiger partial charge in [0.25, 0.3) is 0 Å². The molecule has 0 fully saturated rings. The van der Waals surface area contributed by atoms with E-state index in [1.54, 1.807) is 13.8 Å². The molecule has 1 aromatic rings. The van der Waals surface area contributed by atoms with Gasteiger partial charge in [-0.15, -0.1) is 11.3 Å². The fourth-order valence-electron chi connectivity index (χ4n) is 1.06. The van der Waals surface area contributed by atoms with Crippen LogP contribution in [0.4, 0.5) is 0 Å². The van der Waals surface area contributed by atoms with Gasteiger partial charge in [-0.1, -0.05) is 0 Å². The monoisotopic (exact) mass is 263 g/mol. The van der Waals surface area contributed by atoms with Crippen LogP contribution in [0.5, 0.6) is 0 Å². The summed E-state index contributed by atoms with van der Waals surface area (Å²) >= 11 is 1.06. The van der Waals surface area contributed by atoms with Crippen LogP contribution in [0, 0.1) is 6.92 Å². The predicted molar refractivity (Wildman–Crippen MR) is 61.4 cm³/mol. The van der Waals surface area contributed by atoms with Crippen molar-refractivity contribution in [3.63, 3.8) is 0 Å². The Balaban J connectivity index is 3.16. The average Bonchev–Trinajstić information content (AvgIpc) is 2.56. The van der Waals surface area contributed by atoms with Crippen LogP contribution in [-0.4, -0.2) is 32.7 Å². The van der Waals surface area contributed by atoms with E-state index in [0.29, 0.717) is 15.6 Å². The minimum absolute atomic E-state index is 0.355. The Bertz CT molecular complexity index is 504. The molecular formula is C9H13NO4S2. The van der Waals surface area contributed by atoms with Gasteiger partial charge >= 0.3 is 5.97 Å². The smallest absolute Gasteiger partial charge is 0.349 e. The summed E-state index contributed by atoms with van der Waals surface area (Å²) in [5.41, 5.74) is 0.502. The summed E-state index contributed by atoms with van der Waals surface area (Å²) in [5.74, 6) is -0.484. The number of thiazole rings is 1. The van der Waals surface area contributed by atoms with Crippen LogP contribution in [0.2, 0.25) is 0 Å². The third-order valence-corrected chi connectivity index (χ3v) is 5.15. The molecule has 0 saturated carbocycles. The number of carbonyl (C=O) groups is 1. The third-order valence-electron chi connectivity index (χ3n) is 2.17. The Labute approximate surface area is 98.4 Å². The summed E-state index contributed by atoms with van der Waals surface area (Å²) in [6.07, 6.45) is 1.15. The molecule has 0 aliphatic carbocycles. The van der Waals surface area contributed by atoms with Crippen LogP contribution in [-0.2, 0) is 14.6 Å². The van der Waals surface area contributed by atoms with E-state index >= 15 is 0 Å². The second kappa shape index (κ2) is 4.50. The van der Waals surface area contributed by atoms with Crippen LogP contribution in [0.3, 0.4) is 0 Å². The summed E-state index contributed by atoms with van der Waals surface area (Å²) < 4.78 is 27.3. The number of ether oxygens (including phenoxy) is 1. The number of carbonyl (C=O) groups excluding carboxylic acids is 1. The summed E-state index contributed by atoms with van der Waals surface area (Å²) in [4.78, 5) is 15.8.